The summed E-state index contributed by atoms with van der Waals surface area (Å²) in [5.41, 5.74) is 0. The predicted octanol–water partition coefficient (Wildman–Crippen LogP) is -0.355. The van der Waals surface area contributed by atoms with Crippen molar-refractivity contribution in [1.29, 1.82) is 5.26 Å². The molecule has 0 bridgehead atoms. The maximum Gasteiger partial charge on any atom is 0.308 e. The number of sulfone groups is 1. The second kappa shape index (κ2) is 3.34. The Morgan fingerprint density at radius 3 is 2.62 bits per heavy atom. The molecule has 0 spiro atoms. The molecule has 1 heterocycles. The number of hydrogen-bond acceptors (Lipinski definition) is 4. The summed E-state index contributed by atoms with van der Waals surface area (Å²) in [6, 6.07) is 1.83. The summed E-state index contributed by atoms with van der Waals surface area (Å²) in [6.45, 7) is 0. The highest BCUT2D eigenvalue weighted by molar-refractivity contribution is 7.91. The van der Waals surface area contributed by atoms with E-state index in [1.807, 2.05) is 6.07 Å². The monoisotopic (exact) mass is 203 g/mol. The van der Waals surface area contributed by atoms with Gasteiger partial charge in [-0.1, -0.05) is 0 Å². The van der Waals surface area contributed by atoms with Crippen molar-refractivity contribution in [3.8, 4) is 6.07 Å². The molecular formula is C7H9NO4S. The standard InChI is InChI=1S/C7H9NO4S/c8-3-5-1-2-13(11,12)4-6(5)7(9)10/h5-6H,1-2,4H2,(H,9,10)/t5-,6+/m0/s1. The summed E-state index contributed by atoms with van der Waals surface area (Å²) in [7, 11) is -3.25. The van der Waals surface area contributed by atoms with Crippen LogP contribution < -0.4 is 0 Å². The van der Waals surface area contributed by atoms with E-state index < -0.39 is 33.4 Å². The van der Waals surface area contributed by atoms with Gasteiger partial charge in [-0.25, -0.2) is 8.42 Å². The molecule has 5 nitrogen and oxygen atoms in total. The van der Waals surface area contributed by atoms with Crippen molar-refractivity contribution >= 4 is 15.8 Å². The third-order valence-corrected chi connectivity index (χ3v) is 3.87. The highest BCUT2D eigenvalue weighted by Crippen LogP contribution is 2.24. The van der Waals surface area contributed by atoms with Crippen LogP contribution in [0.2, 0.25) is 0 Å². The van der Waals surface area contributed by atoms with E-state index in [0.717, 1.165) is 0 Å². The second-order valence-corrected chi connectivity index (χ2v) is 5.31. The number of aliphatic carboxylic acids is 1. The van der Waals surface area contributed by atoms with Crippen LogP contribution in [0.5, 0.6) is 0 Å². The first-order chi connectivity index (χ1) is 5.96. The third-order valence-electron chi connectivity index (χ3n) is 2.14. The van der Waals surface area contributed by atoms with Gasteiger partial charge in [-0.3, -0.25) is 4.79 Å². The van der Waals surface area contributed by atoms with E-state index in [-0.39, 0.29) is 12.2 Å². The Kier molecular flexibility index (Phi) is 2.57. The number of carboxylic acids is 1. The van der Waals surface area contributed by atoms with Crippen molar-refractivity contribution in [1.82, 2.24) is 0 Å². The SMILES string of the molecule is N#C[C@@H]1CCS(=O)(=O)C[C@H]1C(=O)O. The Labute approximate surface area is 75.9 Å². The molecule has 1 fully saturated rings. The molecule has 1 rings (SSSR count). The first-order valence-electron chi connectivity index (χ1n) is 3.79. The van der Waals surface area contributed by atoms with Crippen LogP contribution in [0.1, 0.15) is 6.42 Å². The molecule has 1 aliphatic heterocycles. The fraction of sp³-hybridized carbons (Fsp3) is 0.714. The van der Waals surface area contributed by atoms with Crippen molar-refractivity contribution in [3.05, 3.63) is 0 Å². The summed E-state index contributed by atoms with van der Waals surface area (Å²) < 4.78 is 22.1. The molecule has 13 heavy (non-hydrogen) atoms. The van der Waals surface area contributed by atoms with Gasteiger partial charge in [0.05, 0.1) is 29.4 Å². The largest absolute Gasteiger partial charge is 0.481 e. The van der Waals surface area contributed by atoms with E-state index in [0.29, 0.717) is 0 Å². The van der Waals surface area contributed by atoms with Gasteiger partial charge >= 0.3 is 5.97 Å². The van der Waals surface area contributed by atoms with Gasteiger partial charge in [0.2, 0.25) is 0 Å². The zero-order valence-electron chi connectivity index (χ0n) is 6.80. The Bertz CT molecular complexity index is 353. The Morgan fingerprint density at radius 1 is 1.54 bits per heavy atom. The molecule has 0 aromatic carbocycles. The van der Waals surface area contributed by atoms with Crippen LogP contribution in [0.4, 0.5) is 0 Å². The highest BCUT2D eigenvalue weighted by atomic mass is 32.2. The average Bonchev–Trinajstić information content (AvgIpc) is 2.03. The van der Waals surface area contributed by atoms with Gasteiger partial charge < -0.3 is 5.11 Å². The van der Waals surface area contributed by atoms with Gasteiger partial charge in [0.15, 0.2) is 9.84 Å². The van der Waals surface area contributed by atoms with Gasteiger partial charge in [0, 0.05) is 0 Å². The summed E-state index contributed by atoms with van der Waals surface area (Å²) in [5, 5.41) is 17.2. The number of nitriles is 1. The summed E-state index contributed by atoms with van der Waals surface area (Å²) in [4.78, 5) is 10.6. The maximum atomic E-state index is 11.1. The van der Waals surface area contributed by atoms with Gasteiger partial charge in [0.1, 0.15) is 0 Å². The fourth-order valence-electron chi connectivity index (χ4n) is 1.38. The van der Waals surface area contributed by atoms with Gasteiger partial charge in [-0.05, 0) is 6.42 Å². The van der Waals surface area contributed by atoms with Crippen LogP contribution in [0, 0.1) is 23.2 Å². The second-order valence-electron chi connectivity index (χ2n) is 3.08. The number of rotatable bonds is 1. The molecule has 1 aliphatic rings. The van der Waals surface area contributed by atoms with E-state index in [2.05, 4.69) is 0 Å². The zero-order chi connectivity index (χ0) is 10.1. The normalized spacial score (nSPS) is 31.9. The van der Waals surface area contributed by atoms with Crippen molar-refractivity contribution < 1.29 is 18.3 Å². The van der Waals surface area contributed by atoms with Crippen molar-refractivity contribution in [2.24, 2.45) is 11.8 Å². The minimum atomic E-state index is -3.25. The molecular weight excluding hydrogens is 194 g/mol. The molecule has 72 valence electrons. The zero-order valence-corrected chi connectivity index (χ0v) is 7.62. The van der Waals surface area contributed by atoms with Crippen LogP contribution in [0.15, 0.2) is 0 Å². The Balaban J connectivity index is 2.88. The van der Waals surface area contributed by atoms with Crippen LogP contribution in [-0.2, 0) is 14.6 Å². The van der Waals surface area contributed by atoms with E-state index in [1.165, 1.54) is 0 Å². The Morgan fingerprint density at radius 2 is 2.15 bits per heavy atom. The van der Waals surface area contributed by atoms with Gasteiger partial charge in [0.25, 0.3) is 0 Å². The van der Waals surface area contributed by atoms with E-state index in [4.69, 9.17) is 10.4 Å². The molecule has 0 saturated carbocycles. The molecule has 1 saturated heterocycles. The van der Waals surface area contributed by atoms with Crippen LogP contribution in [0.3, 0.4) is 0 Å². The minimum absolute atomic E-state index is 0.0744. The fourth-order valence-corrected chi connectivity index (χ4v) is 3.08. The molecule has 1 N–H and O–H groups in total. The van der Waals surface area contributed by atoms with Crippen LogP contribution in [-0.4, -0.2) is 31.0 Å². The summed E-state index contributed by atoms with van der Waals surface area (Å²) in [6.07, 6.45) is 0.135. The lowest BCUT2D eigenvalue weighted by Crippen LogP contribution is -2.36. The lowest BCUT2D eigenvalue weighted by Gasteiger charge is -2.22. The highest BCUT2D eigenvalue weighted by Gasteiger charge is 2.37. The Hall–Kier alpha value is -1.09. The minimum Gasteiger partial charge on any atom is -0.481 e. The van der Waals surface area contributed by atoms with Crippen LogP contribution in [0.25, 0.3) is 0 Å². The first kappa shape index (κ1) is 9.99. The number of hydrogen-bond donors (Lipinski definition) is 1. The lowest BCUT2D eigenvalue weighted by atomic mass is 9.93. The molecule has 2 atom stereocenters. The first-order valence-corrected chi connectivity index (χ1v) is 5.61. The maximum absolute atomic E-state index is 11.1. The van der Waals surface area contributed by atoms with Gasteiger partial charge in [-0.2, -0.15) is 5.26 Å². The van der Waals surface area contributed by atoms with E-state index in [1.54, 1.807) is 0 Å². The van der Waals surface area contributed by atoms with Crippen molar-refractivity contribution in [3.63, 3.8) is 0 Å². The van der Waals surface area contributed by atoms with Gasteiger partial charge in [-0.15, -0.1) is 0 Å². The van der Waals surface area contributed by atoms with Crippen molar-refractivity contribution in [2.75, 3.05) is 11.5 Å². The molecule has 0 unspecified atom stereocenters. The quantitative estimate of drug-likeness (QED) is 0.628. The number of nitrogens with zero attached hydrogens (tertiary/aromatic N) is 1. The smallest absolute Gasteiger partial charge is 0.308 e. The average molecular weight is 203 g/mol. The van der Waals surface area contributed by atoms with Crippen LogP contribution >= 0.6 is 0 Å². The molecule has 6 heteroatoms. The predicted molar refractivity (Wildman–Crippen MR) is 43.5 cm³/mol. The molecule has 0 aromatic heterocycles. The molecule has 0 aromatic rings. The van der Waals surface area contributed by atoms with E-state index >= 15 is 0 Å². The topological polar surface area (TPSA) is 95.2 Å². The summed E-state index contributed by atoms with van der Waals surface area (Å²) >= 11 is 0. The molecule has 0 amide bonds. The van der Waals surface area contributed by atoms with Crippen molar-refractivity contribution in [2.45, 2.75) is 6.42 Å². The number of carbonyl (C=O) groups is 1. The molecule has 0 radical (unpaired) electrons. The van der Waals surface area contributed by atoms with E-state index in [9.17, 15) is 13.2 Å². The lowest BCUT2D eigenvalue weighted by molar-refractivity contribution is -0.142. The number of carboxylic acid groups (broad SMARTS) is 1. The summed E-state index contributed by atoms with van der Waals surface area (Å²) in [5.74, 6) is -3.39. The third kappa shape index (κ3) is 2.18. The molecule has 0 aliphatic carbocycles.